The molecular weight excluding hydrogens is 150 g/mol. The van der Waals surface area contributed by atoms with Gasteiger partial charge >= 0.3 is 0 Å². The molecule has 0 amide bonds. The van der Waals surface area contributed by atoms with Crippen molar-refractivity contribution < 1.29 is 0 Å². The molecule has 1 unspecified atom stereocenters. The maximum absolute atomic E-state index is 3.91. The first kappa shape index (κ1) is 7.40. The minimum absolute atomic E-state index is 0.0995. The number of aromatic nitrogens is 1. The van der Waals surface area contributed by atoms with Crippen LogP contribution in [0.3, 0.4) is 0 Å². The van der Waals surface area contributed by atoms with Crippen molar-refractivity contribution >= 4 is 6.21 Å². The van der Waals surface area contributed by atoms with Crippen molar-refractivity contribution in [3.05, 3.63) is 23.5 Å². The molecule has 3 nitrogen and oxygen atoms in total. The average Bonchev–Trinajstić information content (AvgIpc) is 2.27. The second-order valence-corrected chi connectivity index (χ2v) is 3.47. The van der Waals surface area contributed by atoms with Crippen LogP contribution in [0.2, 0.25) is 0 Å². The van der Waals surface area contributed by atoms with Crippen LogP contribution in [0.4, 0.5) is 0 Å². The Hall–Kier alpha value is -1.25. The molecule has 0 spiro atoms. The normalized spacial score (nSPS) is 26.6. The zero-order valence-electron chi connectivity index (χ0n) is 7.63. The molecule has 2 rings (SSSR count). The number of aryl methyl sites for hydroxylation is 2. The van der Waals surface area contributed by atoms with Crippen LogP contribution in [0.5, 0.6) is 0 Å². The third-order valence-electron chi connectivity index (χ3n) is 2.34. The van der Waals surface area contributed by atoms with Crippen LogP contribution in [0.1, 0.15) is 18.3 Å². The second kappa shape index (κ2) is 2.12. The molecule has 1 aliphatic heterocycles. The van der Waals surface area contributed by atoms with Crippen LogP contribution >= 0.6 is 0 Å². The predicted octanol–water partition coefficient (Wildman–Crippen LogP) is 1.37. The lowest BCUT2D eigenvalue weighted by molar-refractivity contribution is 0.315. The monoisotopic (exact) mass is 163 g/mol. The standard InChI is InChI=1S/C9H13N3/c1-7-4-5-8(2)12(7)9(3)6-10-11-9/h4-6,11H,1-3H3. The van der Waals surface area contributed by atoms with Gasteiger partial charge < -0.3 is 4.57 Å². The molecule has 0 aliphatic carbocycles. The van der Waals surface area contributed by atoms with E-state index in [9.17, 15) is 0 Å². The van der Waals surface area contributed by atoms with Crippen molar-refractivity contribution in [1.82, 2.24) is 9.99 Å². The Morgan fingerprint density at radius 3 is 2.17 bits per heavy atom. The van der Waals surface area contributed by atoms with E-state index in [2.05, 4.69) is 48.0 Å². The summed E-state index contributed by atoms with van der Waals surface area (Å²) in [5.74, 6) is 0. The van der Waals surface area contributed by atoms with Crippen LogP contribution in [0, 0.1) is 13.8 Å². The summed E-state index contributed by atoms with van der Waals surface area (Å²) >= 11 is 0. The quantitative estimate of drug-likeness (QED) is 0.665. The van der Waals surface area contributed by atoms with Gasteiger partial charge in [-0.15, -0.1) is 0 Å². The molecule has 12 heavy (non-hydrogen) atoms. The van der Waals surface area contributed by atoms with E-state index >= 15 is 0 Å². The fraction of sp³-hybridized carbons (Fsp3) is 0.444. The minimum atomic E-state index is -0.0995. The molecule has 0 radical (unpaired) electrons. The van der Waals surface area contributed by atoms with Crippen LogP contribution in [-0.2, 0) is 5.66 Å². The third kappa shape index (κ3) is 0.793. The highest BCUT2D eigenvalue weighted by molar-refractivity contribution is 5.71. The van der Waals surface area contributed by atoms with Gasteiger partial charge in [-0.05, 0) is 32.9 Å². The highest BCUT2D eigenvalue weighted by Gasteiger charge is 2.30. The zero-order valence-corrected chi connectivity index (χ0v) is 7.63. The van der Waals surface area contributed by atoms with E-state index in [1.54, 1.807) is 0 Å². The first-order valence-electron chi connectivity index (χ1n) is 4.10. The van der Waals surface area contributed by atoms with Crippen LogP contribution in [0.25, 0.3) is 0 Å². The first-order valence-corrected chi connectivity index (χ1v) is 4.10. The van der Waals surface area contributed by atoms with Gasteiger partial charge in [0.1, 0.15) is 0 Å². The molecular formula is C9H13N3. The average molecular weight is 163 g/mol. The van der Waals surface area contributed by atoms with Gasteiger partial charge in [0.05, 0.1) is 6.21 Å². The molecule has 1 atom stereocenters. The van der Waals surface area contributed by atoms with Crippen molar-refractivity contribution in [2.45, 2.75) is 26.4 Å². The molecule has 1 aromatic heterocycles. The lowest BCUT2D eigenvalue weighted by Gasteiger charge is -2.35. The van der Waals surface area contributed by atoms with E-state index < -0.39 is 0 Å². The fourth-order valence-corrected chi connectivity index (χ4v) is 1.76. The van der Waals surface area contributed by atoms with Gasteiger partial charge in [0.25, 0.3) is 0 Å². The number of nitrogens with zero attached hydrogens (tertiary/aromatic N) is 2. The molecule has 3 heteroatoms. The summed E-state index contributed by atoms with van der Waals surface area (Å²) in [4.78, 5) is 0. The van der Waals surface area contributed by atoms with E-state index in [1.165, 1.54) is 11.4 Å². The summed E-state index contributed by atoms with van der Waals surface area (Å²) in [6.45, 7) is 6.32. The fourth-order valence-electron chi connectivity index (χ4n) is 1.76. The lowest BCUT2D eigenvalue weighted by atomic mass is 10.2. The molecule has 64 valence electrons. The number of nitrogens with one attached hydrogen (secondary N) is 1. The van der Waals surface area contributed by atoms with E-state index in [4.69, 9.17) is 0 Å². The third-order valence-corrected chi connectivity index (χ3v) is 2.34. The Kier molecular flexibility index (Phi) is 1.31. The number of rotatable bonds is 1. The van der Waals surface area contributed by atoms with Gasteiger partial charge in [-0.3, -0.25) is 5.43 Å². The Morgan fingerprint density at radius 2 is 1.83 bits per heavy atom. The minimum Gasteiger partial charge on any atom is -0.320 e. The van der Waals surface area contributed by atoms with Gasteiger partial charge in [0, 0.05) is 11.4 Å². The van der Waals surface area contributed by atoms with Crippen molar-refractivity contribution in [2.75, 3.05) is 0 Å². The summed E-state index contributed by atoms with van der Waals surface area (Å²) < 4.78 is 2.24. The summed E-state index contributed by atoms with van der Waals surface area (Å²) in [6, 6.07) is 4.24. The first-order chi connectivity index (χ1) is 5.63. The van der Waals surface area contributed by atoms with Gasteiger partial charge in [-0.25, -0.2) is 0 Å². The second-order valence-electron chi connectivity index (χ2n) is 3.47. The Labute approximate surface area is 72.1 Å². The smallest absolute Gasteiger partial charge is 0.165 e. The molecule has 2 heterocycles. The summed E-state index contributed by atoms with van der Waals surface area (Å²) in [6.07, 6.45) is 1.92. The van der Waals surface area contributed by atoms with E-state index in [-0.39, 0.29) is 5.66 Å². The summed E-state index contributed by atoms with van der Waals surface area (Å²) in [5, 5.41) is 3.91. The topological polar surface area (TPSA) is 29.3 Å². The van der Waals surface area contributed by atoms with E-state index in [1.807, 2.05) is 6.21 Å². The van der Waals surface area contributed by atoms with Gasteiger partial charge in [-0.2, -0.15) is 5.10 Å². The van der Waals surface area contributed by atoms with Gasteiger partial charge in [0.2, 0.25) is 0 Å². The van der Waals surface area contributed by atoms with Gasteiger partial charge in [0.15, 0.2) is 5.66 Å². The molecule has 1 N–H and O–H groups in total. The molecule has 0 aromatic carbocycles. The largest absolute Gasteiger partial charge is 0.320 e. The summed E-state index contributed by atoms with van der Waals surface area (Å²) in [7, 11) is 0. The predicted molar refractivity (Wildman–Crippen MR) is 49.2 cm³/mol. The molecule has 1 aliphatic rings. The number of hydrogen-bond acceptors (Lipinski definition) is 2. The van der Waals surface area contributed by atoms with E-state index in [0.717, 1.165) is 0 Å². The maximum Gasteiger partial charge on any atom is 0.165 e. The van der Waals surface area contributed by atoms with Crippen LogP contribution < -0.4 is 5.43 Å². The molecule has 0 bridgehead atoms. The van der Waals surface area contributed by atoms with Crippen molar-refractivity contribution in [3.8, 4) is 0 Å². The van der Waals surface area contributed by atoms with Crippen molar-refractivity contribution in [2.24, 2.45) is 5.10 Å². The maximum atomic E-state index is 3.91. The number of hydrogen-bond donors (Lipinski definition) is 1. The van der Waals surface area contributed by atoms with Crippen molar-refractivity contribution in [1.29, 1.82) is 0 Å². The zero-order chi connectivity index (χ0) is 8.77. The van der Waals surface area contributed by atoms with Crippen molar-refractivity contribution in [3.63, 3.8) is 0 Å². The highest BCUT2D eigenvalue weighted by atomic mass is 15.5. The number of hydrazone groups is 1. The Balaban J connectivity index is 2.52. The van der Waals surface area contributed by atoms with E-state index in [0.29, 0.717) is 0 Å². The van der Waals surface area contributed by atoms with Crippen LogP contribution in [-0.4, -0.2) is 10.8 Å². The molecule has 1 aromatic rings. The molecule has 0 saturated carbocycles. The molecule has 0 fully saturated rings. The van der Waals surface area contributed by atoms with Gasteiger partial charge in [-0.1, -0.05) is 0 Å². The Morgan fingerprint density at radius 1 is 1.33 bits per heavy atom. The summed E-state index contributed by atoms with van der Waals surface area (Å²) in [5.41, 5.74) is 5.45. The lowest BCUT2D eigenvalue weighted by Crippen LogP contribution is -2.51. The molecule has 0 saturated heterocycles. The Bertz CT molecular complexity index is 318. The SMILES string of the molecule is Cc1ccc(C)n1C1(C)C=NN1. The van der Waals surface area contributed by atoms with Crippen LogP contribution in [0.15, 0.2) is 17.2 Å². The highest BCUT2D eigenvalue weighted by Crippen LogP contribution is 2.21.